The van der Waals surface area contributed by atoms with Gasteiger partial charge in [-0.2, -0.15) is 0 Å². The molecule has 0 aromatic heterocycles. The molecule has 0 aliphatic heterocycles. The first-order chi connectivity index (χ1) is 11.9. The van der Waals surface area contributed by atoms with E-state index in [2.05, 4.69) is 42.7 Å². The molecule has 0 radical (unpaired) electrons. The predicted octanol–water partition coefficient (Wildman–Crippen LogP) is 5.73. The highest BCUT2D eigenvalue weighted by atomic mass is 14.1. The Morgan fingerprint density at radius 3 is 1.58 bits per heavy atom. The van der Waals surface area contributed by atoms with E-state index in [4.69, 9.17) is 0 Å². The lowest BCUT2D eigenvalue weighted by Crippen LogP contribution is -1.92. The molecule has 3 aromatic rings. The molecule has 0 heterocycles. The van der Waals surface area contributed by atoms with Gasteiger partial charge in [-0.3, -0.25) is 0 Å². The Morgan fingerprint density at radius 2 is 1.12 bits per heavy atom. The summed E-state index contributed by atoms with van der Waals surface area (Å²) in [5.41, 5.74) is 5.31. The van der Waals surface area contributed by atoms with Gasteiger partial charge in [0.1, 0.15) is 0 Å². The molecule has 0 fully saturated rings. The lowest BCUT2D eigenvalue weighted by atomic mass is 9.93. The standard InChI is InChI=1S/C24H18/c1-2-21(19-18-20-12-6-3-7-13-20)24(22-14-8-4-9-15-22)23-16-10-5-11-17-23/h2-17H,1H2. The van der Waals surface area contributed by atoms with Crippen molar-refractivity contribution in [1.82, 2.24) is 0 Å². The van der Waals surface area contributed by atoms with Crippen molar-refractivity contribution < 1.29 is 0 Å². The lowest BCUT2D eigenvalue weighted by molar-refractivity contribution is 1.53. The molecule has 0 unspecified atom stereocenters. The van der Waals surface area contributed by atoms with Gasteiger partial charge in [-0.1, -0.05) is 103 Å². The van der Waals surface area contributed by atoms with E-state index in [9.17, 15) is 0 Å². The maximum Gasteiger partial charge on any atom is 0.0327 e. The van der Waals surface area contributed by atoms with E-state index >= 15 is 0 Å². The molecule has 3 rings (SSSR count). The number of hydrogen-bond donors (Lipinski definition) is 0. The minimum atomic E-state index is 0.927. The third-order valence-corrected chi connectivity index (χ3v) is 3.71. The highest BCUT2D eigenvalue weighted by Crippen LogP contribution is 2.27. The maximum atomic E-state index is 3.98. The Hall–Kier alpha value is -3.30. The monoisotopic (exact) mass is 306 g/mol. The van der Waals surface area contributed by atoms with Crippen LogP contribution in [0.1, 0.15) is 16.7 Å². The first-order valence-electron chi connectivity index (χ1n) is 7.93. The van der Waals surface area contributed by atoms with Gasteiger partial charge in [0.2, 0.25) is 0 Å². The maximum absolute atomic E-state index is 3.98. The quantitative estimate of drug-likeness (QED) is 0.428. The molecular formula is C24H18. The van der Waals surface area contributed by atoms with E-state index < -0.39 is 0 Å². The van der Waals surface area contributed by atoms with Gasteiger partial charge in [0, 0.05) is 16.7 Å². The second-order valence-electron chi connectivity index (χ2n) is 5.34. The third-order valence-electron chi connectivity index (χ3n) is 3.71. The lowest BCUT2D eigenvalue weighted by Gasteiger charge is -2.10. The molecule has 0 aliphatic rings. The fourth-order valence-corrected chi connectivity index (χ4v) is 2.56. The summed E-state index contributed by atoms with van der Waals surface area (Å²) in [6.45, 7) is 3.98. The third kappa shape index (κ3) is 3.72. The van der Waals surface area contributed by atoms with Crippen LogP contribution in [0, 0.1) is 11.8 Å². The largest absolute Gasteiger partial charge is 0.0978 e. The fourth-order valence-electron chi connectivity index (χ4n) is 2.56. The van der Waals surface area contributed by atoms with Crippen LogP contribution in [-0.2, 0) is 0 Å². The van der Waals surface area contributed by atoms with Gasteiger partial charge >= 0.3 is 0 Å². The number of rotatable bonds is 3. The average molecular weight is 306 g/mol. The van der Waals surface area contributed by atoms with Gasteiger partial charge in [0.15, 0.2) is 0 Å². The van der Waals surface area contributed by atoms with Crippen molar-refractivity contribution in [3.8, 4) is 11.8 Å². The minimum absolute atomic E-state index is 0.927. The van der Waals surface area contributed by atoms with Crippen LogP contribution in [0.15, 0.2) is 109 Å². The summed E-state index contributed by atoms with van der Waals surface area (Å²) >= 11 is 0. The number of benzene rings is 3. The number of hydrogen-bond acceptors (Lipinski definition) is 0. The highest BCUT2D eigenvalue weighted by molar-refractivity contribution is 5.86. The van der Waals surface area contributed by atoms with Crippen molar-refractivity contribution in [2.75, 3.05) is 0 Å². The van der Waals surface area contributed by atoms with E-state index in [1.165, 1.54) is 0 Å². The molecule has 3 aromatic carbocycles. The van der Waals surface area contributed by atoms with Crippen LogP contribution in [0.3, 0.4) is 0 Å². The molecular weight excluding hydrogens is 288 g/mol. The predicted molar refractivity (Wildman–Crippen MR) is 102 cm³/mol. The van der Waals surface area contributed by atoms with Gasteiger partial charge in [0.25, 0.3) is 0 Å². The molecule has 0 bridgehead atoms. The molecule has 0 amide bonds. The molecule has 0 N–H and O–H groups in total. The summed E-state index contributed by atoms with van der Waals surface area (Å²) in [7, 11) is 0. The fraction of sp³-hybridized carbons (Fsp3) is 0. The van der Waals surface area contributed by atoms with Crippen LogP contribution in [-0.4, -0.2) is 0 Å². The molecule has 24 heavy (non-hydrogen) atoms. The van der Waals surface area contributed by atoms with Gasteiger partial charge in [0.05, 0.1) is 0 Å². The normalized spacial score (nSPS) is 9.50. The highest BCUT2D eigenvalue weighted by Gasteiger charge is 2.08. The second kappa shape index (κ2) is 7.81. The van der Waals surface area contributed by atoms with E-state index in [1.807, 2.05) is 72.8 Å². The molecule has 0 atom stereocenters. The van der Waals surface area contributed by atoms with Crippen LogP contribution < -0.4 is 0 Å². The van der Waals surface area contributed by atoms with Gasteiger partial charge in [-0.05, 0) is 23.3 Å². The molecule has 0 aliphatic carbocycles. The van der Waals surface area contributed by atoms with Crippen molar-refractivity contribution in [3.05, 3.63) is 126 Å². The van der Waals surface area contributed by atoms with Crippen LogP contribution in [0.2, 0.25) is 0 Å². The smallest absolute Gasteiger partial charge is 0.0327 e. The van der Waals surface area contributed by atoms with Crippen molar-refractivity contribution in [3.63, 3.8) is 0 Å². The van der Waals surface area contributed by atoms with E-state index in [-0.39, 0.29) is 0 Å². The van der Waals surface area contributed by atoms with E-state index in [0.717, 1.165) is 27.8 Å². The summed E-state index contributed by atoms with van der Waals surface area (Å²) in [6.07, 6.45) is 1.84. The Labute approximate surface area is 143 Å². The second-order valence-corrected chi connectivity index (χ2v) is 5.34. The molecule has 0 nitrogen and oxygen atoms in total. The summed E-state index contributed by atoms with van der Waals surface area (Å²) in [6, 6.07) is 30.7. The molecule has 114 valence electrons. The average Bonchev–Trinajstić information content (AvgIpc) is 2.67. The molecule has 0 saturated heterocycles. The Bertz CT molecular complexity index is 848. The molecule has 0 saturated carbocycles. The molecule has 0 spiro atoms. The Morgan fingerprint density at radius 1 is 0.667 bits per heavy atom. The minimum Gasteiger partial charge on any atom is -0.0978 e. The van der Waals surface area contributed by atoms with Gasteiger partial charge in [-0.15, -0.1) is 0 Å². The first-order valence-corrected chi connectivity index (χ1v) is 7.93. The van der Waals surface area contributed by atoms with E-state index in [1.54, 1.807) is 0 Å². The Kier molecular flexibility index (Phi) is 5.07. The van der Waals surface area contributed by atoms with Crippen LogP contribution in [0.5, 0.6) is 0 Å². The van der Waals surface area contributed by atoms with E-state index in [0.29, 0.717) is 0 Å². The van der Waals surface area contributed by atoms with Crippen LogP contribution in [0.25, 0.3) is 5.57 Å². The van der Waals surface area contributed by atoms with Crippen LogP contribution in [0.4, 0.5) is 0 Å². The SMILES string of the molecule is C=CC(C#Cc1ccccc1)=C(c1ccccc1)c1ccccc1. The summed E-state index contributed by atoms with van der Waals surface area (Å²) < 4.78 is 0. The first kappa shape index (κ1) is 15.6. The van der Waals surface area contributed by atoms with Crippen molar-refractivity contribution >= 4 is 5.57 Å². The topological polar surface area (TPSA) is 0 Å². The molecule has 0 heteroatoms. The van der Waals surface area contributed by atoms with Gasteiger partial charge < -0.3 is 0 Å². The van der Waals surface area contributed by atoms with Crippen molar-refractivity contribution in [2.24, 2.45) is 0 Å². The van der Waals surface area contributed by atoms with Gasteiger partial charge in [-0.25, -0.2) is 0 Å². The zero-order valence-electron chi connectivity index (χ0n) is 13.4. The summed E-state index contributed by atoms with van der Waals surface area (Å²) in [5, 5.41) is 0. The van der Waals surface area contributed by atoms with Crippen LogP contribution >= 0.6 is 0 Å². The zero-order valence-corrected chi connectivity index (χ0v) is 13.4. The summed E-state index contributed by atoms with van der Waals surface area (Å²) in [4.78, 5) is 0. The zero-order chi connectivity index (χ0) is 16.6. The number of allylic oxidation sites excluding steroid dienone is 2. The summed E-state index contributed by atoms with van der Waals surface area (Å²) in [5.74, 6) is 6.53. The van der Waals surface area contributed by atoms with Crippen molar-refractivity contribution in [2.45, 2.75) is 0 Å². The van der Waals surface area contributed by atoms with Crippen molar-refractivity contribution in [1.29, 1.82) is 0 Å². The Balaban J connectivity index is 2.16.